The Bertz CT molecular complexity index is 513. The lowest BCUT2D eigenvalue weighted by Gasteiger charge is -2.12. The Morgan fingerprint density at radius 2 is 1.88 bits per heavy atom. The molecule has 1 aromatic heterocycles. The molecule has 0 aliphatic rings. The lowest BCUT2D eigenvalue weighted by molar-refractivity contribution is 0.524. The van der Waals surface area contributed by atoms with E-state index in [9.17, 15) is 0 Å². The van der Waals surface area contributed by atoms with Crippen LogP contribution in [0.2, 0.25) is 0 Å². The van der Waals surface area contributed by atoms with Crippen LogP contribution in [0.4, 0.5) is 0 Å². The predicted molar refractivity (Wildman–Crippen MR) is 70.0 cm³/mol. The molecule has 0 aliphatic heterocycles. The standard InChI is InChI=1S/C15H19NO/c1-10-4-5-13(8-11(10)2)9-15(16)14-6-7-17-12(14)3/h4-8,15H,9,16H2,1-3H3. The minimum Gasteiger partial charge on any atom is -0.469 e. The van der Waals surface area contributed by atoms with Gasteiger partial charge in [0.15, 0.2) is 0 Å². The van der Waals surface area contributed by atoms with Gasteiger partial charge >= 0.3 is 0 Å². The summed E-state index contributed by atoms with van der Waals surface area (Å²) in [6.45, 7) is 6.21. The molecule has 0 bridgehead atoms. The molecule has 1 aromatic carbocycles. The van der Waals surface area contributed by atoms with Gasteiger partial charge in [-0.25, -0.2) is 0 Å². The van der Waals surface area contributed by atoms with Gasteiger partial charge in [-0.15, -0.1) is 0 Å². The molecule has 0 saturated heterocycles. The predicted octanol–water partition coefficient (Wildman–Crippen LogP) is 3.45. The summed E-state index contributed by atoms with van der Waals surface area (Å²) in [4.78, 5) is 0. The van der Waals surface area contributed by atoms with Gasteiger partial charge in [-0.1, -0.05) is 18.2 Å². The van der Waals surface area contributed by atoms with E-state index in [0.717, 1.165) is 17.7 Å². The second-order valence-corrected chi connectivity index (χ2v) is 4.66. The van der Waals surface area contributed by atoms with Crippen molar-refractivity contribution < 1.29 is 4.42 Å². The molecule has 0 radical (unpaired) electrons. The highest BCUT2D eigenvalue weighted by molar-refractivity contribution is 5.31. The number of hydrogen-bond acceptors (Lipinski definition) is 2. The molecule has 17 heavy (non-hydrogen) atoms. The zero-order valence-corrected chi connectivity index (χ0v) is 10.7. The third-order valence-electron chi connectivity index (χ3n) is 3.33. The quantitative estimate of drug-likeness (QED) is 0.875. The fourth-order valence-electron chi connectivity index (χ4n) is 2.07. The van der Waals surface area contributed by atoms with Crippen molar-refractivity contribution in [2.24, 2.45) is 5.73 Å². The molecule has 2 rings (SSSR count). The molecule has 0 amide bonds. The minimum atomic E-state index is 0.0101. The Morgan fingerprint density at radius 3 is 2.47 bits per heavy atom. The topological polar surface area (TPSA) is 39.2 Å². The van der Waals surface area contributed by atoms with Gasteiger partial charge in [-0.2, -0.15) is 0 Å². The van der Waals surface area contributed by atoms with Gasteiger partial charge in [0.25, 0.3) is 0 Å². The second-order valence-electron chi connectivity index (χ2n) is 4.66. The highest BCUT2D eigenvalue weighted by atomic mass is 16.3. The summed E-state index contributed by atoms with van der Waals surface area (Å²) in [6.07, 6.45) is 2.55. The van der Waals surface area contributed by atoms with Crippen molar-refractivity contribution in [3.8, 4) is 0 Å². The van der Waals surface area contributed by atoms with Crippen LogP contribution in [-0.4, -0.2) is 0 Å². The van der Waals surface area contributed by atoms with Crippen molar-refractivity contribution in [3.05, 3.63) is 58.5 Å². The first-order valence-electron chi connectivity index (χ1n) is 5.93. The summed E-state index contributed by atoms with van der Waals surface area (Å²) in [7, 11) is 0. The third kappa shape index (κ3) is 2.59. The Morgan fingerprint density at radius 1 is 1.12 bits per heavy atom. The molecule has 2 heteroatoms. The molecule has 2 aromatic rings. The summed E-state index contributed by atoms with van der Waals surface area (Å²) in [5.41, 5.74) is 11.2. The molecule has 0 aliphatic carbocycles. The normalized spacial score (nSPS) is 12.7. The van der Waals surface area contributed by atoms with Crippen molar-refractivity contribution in [2.75, 3.05) is 0 Å². The Hall–Kier alpha value is -1.54. The van der Waals surface area contributed by atoms with E-state index in [-0.39, 0.29) is 6.04 Å². The average Bonchev–Trinajstić information content (AvgIpc) is 2.70. The van der Waals surface area contributed by atoms with Crippen LogP contribution in [0.25, 0.3) is 0 Å². The first-order valence-corrected chi connectivity index (χ1v) is 5.93. The molecule has 2 nitrogen and oxygen atoms in total. The number of nitrogens with two attached hydrogens (primary N) is 1. The van der Waals surface area contributed by atoms with Gasteiger partial charge < -0.3 is 10.2 Å². The molecule has 1 heterocycles. The molecule has 90 valence electrons. The SMILES string of the molecule is Cc1ccc(CC(N)c2ccoc2C)cc1C. The first-order chi connectivity index (χ1) is 8.08. The number of rotatable bonds is 3. The molecular weight excluding hydrogens is 210 g/mol. The van der Waals surface area contributed by atoms with E-state index >= 15 is 0 Å². The molecule has 1 unspecified atom stereocenters. The first kappa shape index (κ1) is 11.9. The van der Waals surface area contributed by atoms with E-state index in [0.29, 0.717) is 0 Å². The van der Waals surface area contributed by atoms with E-state index in [1.165, 1.54) is 16.7 Å². The minimum absolute atomic E-state index is 0.0101. The third-order valence-corrected chi connectivity index (χ3v) is 3.33. The summed E-state index contributed by atoms with van der Waals surface area (Å²) >= 11 is 0. The van der Waals surface area contributed by atoms with Crippen LogP contribution in [-0.2, 0) is 6.42 Å². The van der Waals surface area contributed by atoms with Crippen LogP contribution < -0.4 is 5.73 Å². The number of furan rings is 1. The van der Waals surface area contributed by atoms with Gasteiger partial charge in [-0.05, 0) is 49.9 Å². The average molecular weight is 229 g/mol. The van der Waals surface area contributed by atoms with E-state index in [1.54, 1.807) is 6.26 Å². The van der Waals surface area contributed by atoms with Crippen LogP contribution in [0.5, 0.6) is 0 Å². The highest BCUT2D eigenvalue weighted by Gasteiger charge is 2.12. The van der Waals surface area contributed by atoms with Gasteiger partial charge in [0.05, 0.1) is 6.26 Å². The van der Waals surface area contributed by atoms with Crippen LogP contribution >= 0.6 is 0 Å². The highest BCUT2D eigenvalue weighted by Crippen LogP contribution is 2.21. The zero-order chi connectivity index (χ0) is 12.4. The van der Waals surface area contributed by atoms with E-state index < -0.39 is 0 Å². The van der Waals surface area contributed by atoms with Gasteiger partial charge in [0.1, 0.15) is 5.76 Å². The van der Waals surface area contributed by atoms with Crippen molar-refractivity contribution in [2.45, 2.75) is 33.2 Å². The molecule has 0 fully saturated rings. The van der Waals surface area contributed by atoms with Gasteiger partial charge in [0.2, 0.25) is 0 Å². The maximum Gasteiger partial charge on any atom is 0.105 e. The Balaban J connectivity index is 2.16. The lowest BCUT2D eigenvalue weighted by atomic mass is 9.97. The van der Waals surface area contributed by atoms with Crippen molar-refractivity contribution >= 4 is 0 Å². The van der Waals surface area contributed by atoms with Crippen molar-refractivity contribution in [3.63, 3.8) is 0 Å². The lowest BCUT2D eigenvalue weighted by Crippen LogP contribution is -2.13. The molecule has 2 N–H and O–H groups in total. The number of aryl methyl sites for hydroxylation is 3. The van der Waals surface area contributed by atoms with Gasteiger partial charge in [0, 0.05) is 11.6 Å². The fraction of sp³-hybridized carbons (Fsp3) is 0.333. The summed E-state index contributed by atoms with van der Waals surface area (Å²) < 4.78 is 5.29. The fourth-order valence-corrected chi connectivity index (χ4v) is 2.07. The van der Waals surface area contributed by atoms with Crippen molar-refractivity contribution in [1.82, 2.24) is 0 Å². The molecular formula is C15H19NO. The maximum atomic E-state index is 6.20. The zero-order valence-electron chi connectivity index (χ0n) is 10.7. The number of hydrogen-bond donors (Lipinski definition) is 1. The van der Waals surface area contributed by atoms with Crippen LogP contribution in [0.15, 0.2) is 34.9 Å². The molecule has 0 saturated carbocycles. The van der Waals surface area contributed by atoms with E-state index in [2.05, 4.69) is 32.0 Å². The van der Waals surface area contributed by atoms with Crippen molar-refractivity contribution in [1.29, 1.82) is 0 Å². The Kier molecular flexibility index (Phi) is 3.34. The number of benzene rings is 1. The molecule has 0 spiro atoms. The maximum absolute atomic E-state index is 6.20. The summed E-state index contributed by atoms with van der Waals surface area (Å²) in [5, 5.41) is 0. The van der Waals surface area contributed by atoms with Crippen LogP contribution in [0, 0.1) is 20.8 Å². The Labute approximate surface area is 102 Å². The van der Waals surface area contributed by atoms with E-state index in [4.69, 9.17) is 10.2 Å². The van der Waals surface area contributed by atoms with Crippen LogP contribution in [0.1, 0.15) is 34.1 Å². The smallest absolute Gasteiger partial charge is 0.105 e. The largest absolute Gasteiger partial charge is 0.469 e. The summed E-state index contributed by atoms with van der Waals surface area (Å²) in [5.74, 6) is 0.918. The van der Waals surface area contributed by atoms with Crippen LogP contribution in [0.3, 0.4) is 0 Å². The van der Waals surface area contributed by atoms with E-state index in [1.807, 2.05) is 13.0 Å². The van der Waals surface area contributed by atoms with Gasteiger partial charge in [-0.3, -0.25) is 0 Å². The second kappa shape index (κ2) is 4.76. The molecule has 1 atom stereocenters. The summed E-state index contributed by atoms with van der Waals surface area (Å²) in [6, 6.07) is 8.49. The monoisotopic (exact) mass is 229 g/mol.